The first-order valence-corrected chi connectivity index (χ1v) is 8.06. The number of thiophene rings is 1. The summed E-state index contributed by atoms with van der Waals surface area (Å²) in [5.74, 6) is -0.601. The lowest BCUT2D eigenvalue weighted by molar-refractivity contribution is -0.385. The fourth-order valence-electron chi connectivity index (χ4n) is 2.66. The van der Waals surface area contributed by atoms with Crippen molar-refractivity contribution in [3.63, 3.8) is 0 Å². The average Bonchev–Trinajstić information content (AvgIpc) is 3.32. The second-order valence-corrected chi connectivity index (χ2v) is 6.20. The summed E-state index contributed by atoms with van der Waals surface area (Å²) < 4.78 is 5.58. The number of hydrogen-bond donors (Lipinski definition) is 0. The molecule has 0 atom stereocenters. The summed E-state index contributed by atoms with van der Waals surface area (Å²) in [4.78, 5) is 41.2. The van der Waals surface area contributed by atoms with Gasteiger partial charge in [0.25, 0.3) is 17.5 Å². The minimum atomic E-state index is -0.719. The van der Waals surface area contributed by atoms with Gasteiger partial charge in [-0.15, -0.1) is 11.3 Å². The van der Waals surface area contributed by atoms with Crippen molar-refractivity contribution in [1.82, 2.24) is 9.88 Å². The maximum absolute atomic E-state index is 12.5. The maximum Gasteiger partial charge on any atom is 0.282 e. The first-order chi connectivity index (χ1) is 12.1. The van der Waals surface area contributed by atoms with Crippen LogP contribution in [0.3, 0.4) is 0 Å². The van der Waals surface area contributed by atoms with Crippen LogP contribution in [0.15, 0.2) is 46.3 Å². The van der Waals surface area contributed by atoms with Crippen LogP contribution in [-0.4, -0.2) is 26.6 Å². The lowest BCUT2D eigenvalue weighted by Crippen LogP contribution is -2.29. The number of rotatable bonds is 4. The molecule has 0 saturated heterocycles. The Hall–Kier alpha value is -3.33. The molecule has 0 bridgehead atoms. The van der Waals surface area contributed by atoms with Gasteiger partial charge >= 0.3 is 0 Å². The van der Waals surface area contributed by atoms with Gasteiger partial charge < -0.3 is 4.42 Å². The molecule has 0 N–H and O–H groups in total. The Bertz CT molecular complexity index is 1010. The van der Waals surface area contributed by atoms with Crippen LogP contribution in [0.2, 0.25) is 0 Å². The Morgan fingerprint density at radius 1 is 1.20 bits per heavy atom. The molecule has 0 fully saturated rings. The zero-order chi connectivity index (χ0) is 17.6. The van der Waals surface area contributed by atoms with E-state index in [4.69, 9.17) is 4.42 Å². The third kappa shape index (κ3) is 2.41. The first-order valence-electron chi connectivity index (χ1n) is 7.18. The summed E-state index contributed by atoms with van der Waals surface area (Å²) in [5, 5.41) is 13.0. The Labute approximate surface area is 144 Å². The van der Waals surface area contributed by atoms with Crippen molar-refractivity contribution in [2.24, 2.45) is 0 Å². The number of hydrogen-bond acceptors (Lipinski definition) is 7. The van der Waals surface area contributed by atoms with Crippen molar-refractivity contribution < 1.29 is 18.9 Å². The number of fused-ring (bicyclic) bond motifs is 1. The van der Waals surface area contributed by atoms with Crippen molar-refractivity contribution in [3.8, 4) is 10.6 Å². The van der Waals surface area contributed by atoms with Gasteiger partial charge in [0.1, 0.15) is 12.1 Å². The molecular weight excluding hydrogens is 346 g/mol. The molecule has 0 saturated carbocycles. The standard InChI is InChI=1S/C16H9N3O5S/c20-15-9-3-1-4-10(19(22)23)14(9)16(21)18(15)8-13-17-7-11(24-13)12-5-2-6-25-12/h1-7H,8H2. The third-order valence-corrected chi connectivity index (χ3v) is 4.67. The quantitative estimate of drug-likeness (QED) is 0.404. The van der Waals surface area contributed by atoms with Gasteiger partial charge in [-0.3, -0.25) is 24.6 Å². The fraction of sp³-hybridized carbons (Fsp3) is 0.0625. The molecule has 0 spiro atoms. The number of nitrogens with zero attached hydrogens (tertiary/aromatic N) is 3. The number of benzene rings is 1. The highest BCUT2D eigenvalue weighted by molar-refractivity contribution is 7.13. The van der Waals surface area contributed by atoms with Crippen LogP contribution in [0.4, 0.5) is 5.69 Å². The molecule has 25 heavy (non-hydrogen) atoms. The van der Waals surface area contributed by atoms with Crippen molar-refractivity contribution in [3.05, 3.63) is 69.0 Å². The molecule has 9 heteroatoms. The number of amides is 2. The molecule has 1 aliphatic rings. The molecule has 0 aliphatic carbocycles. The topological polar surface area (TPSA) is 107 Å². The van der Waals surface area contributed by atoms with Gasteiger partial charge in [0.15, 0.2) is 5.76 Å². The van der Waals surface area contributed by atoms with Gasteiger partial charge in [0.2, 0.25) is 5.89 Å². The lowest BCUT2D eigenvalue weighted by Gasteiger charge is -2.10. The predicted molar refractivity (Wildman–Crippen MR) is 87.1 cm³/mol. The summed E-state index contributed by atoms with van der Waals surface area (Å²) in [6.45, 7) is -0.186. The van der Waals surface area contributed by atoms with E-state index in [0.717, 1.165) is 9.78 Å². The number of nitro groups is 1. The van der Waals surface area contributed by atoms with E-state index in [1.807, 2.05) is 17.5 Å². The van der Waals surface area contributed by atoms with Crippen LogP contribution < -0.4 is 0 Å². The lowest BCUT2D eigenvalue weighted by atomic mass is 10.1. The van der Waals surface area contributed by atoms with E-state index >= 15 is 0 Å². The average molecular weight is 355 g/mol. The van der Waals surface area contributed by atoms with E-state index in [9.17, 15) is 19.7 Å². The van der Waals surface area contributed by atoms with Crippen LogP contribution >= 0.6 is 11.3 Å². The smallest absolute Gasteiger partial charge is 0.282 e. The molecule has 0 radical (unpaired) electrons. The van der Waals surface area contributed by atoms with Gasteiger partial charge in [-0.25, -0.2) is 4.98 Å². The zero-order valence-electron chi connectivity index (χ0n) is 12.5. The molecule has 0 unspecified atom stereocenters. The molecule has 2 aromatic heterocycles. The van der Waals surface area contributed by atoms with Crippen molar-refractivity contribution in [1.29, 1.82) is 0 Å². The fourth-order valence-corrected chi connectivity index (χ4v) is 3.33. The first kappa shape index (κ1) is 15.2. The highest BCUT2D eigenvalue weighted by atomic mass is 32.1. The van der Waals surface area contributed by atoms with Gasteiger partial charge in [-0.1, -0.05) is 12.1 Å². The minimum absolute atomic E-state index is 0.0178. The van der Waals surface area contributed by atoms with Crippen LogP contribution in [0, 0.1) is 10.1 Å². The van der Waals surface area contributed by atoms with Gasteiger partial charge in [0, 0.05) is 6.07 Å². The molecule has 4 rings (SSSR count). The van der Waals surface area contributed by atoms with E-state index in [1.54, 1.807) is 0 Å². The maximum atomic E-state index is 12.5. The molecule has 3 heterocycles. The third-order valence-electron chi connectivity index (χ3n) is 3.78. The van der Waals surface area contributed by atoms with Crippen LogP contribution in [-0.2, 0) is 6.54 Å². The Balaban J connectivity index is 1.65. The normalized spacial score (nSPS) is 13.4. The van der Waals surface area contributed by atoms with Crippen molar-refractivity contribution >= 4 is 28.8 Å². The monoisotopic (exact) mass is 355 g/mol. The van der Waals surface area contributed by atoms with E-state index in [0.29, 0.717) is 5.76 Å². The van der Waals surface area contributed by atoms with E-state index in [-0.39, 0.29) is 29.2 Å². The van der Waals surface area contributed by atoms with Crippen molar-refractivity contribution in [2.45, 2.75) is 6.54 Å². The molecule has 2 amide bonds. The summed E-state index contributed by atoms with van der Waals surface area (Å²) >= 11 is 1.47. The minimum Gasteiger partial charge on any atom is -0.438 e. The number of carbonyl (C=O) groups excluding carboxylic acids is 2. The largest absolute Gasteiger partial charge is 0.438 e. The SMILES string of the molecule is O=C1c2cccc([N+](=O)[O-])c2C(=O)N1Cc1ncc(-c2cccs2)o1. The van der Waals surface area contributed by atoms with Crippen molar-refractivity contribution in [2.75, 3.05) is 0 Å². The summed E-state index contributed by atoms with van der Waals surface area (Å²) in [5.41, 5.74) is -0.559. The van der Waals surface area contributed by atoms with Crippen LogP contribution in [0.1, 0.15) is 26.6 Å². The highest BCUT2D eigenvalue weighted by Crippen LogP contribution is 2.32. The number of aromatic nitrogens is 1. The Morgan fingerprint density at radius 3 is 2.76 bits per heavy atom. The second-order valence-electron chi connectivity index (χ2n) is 5.25. The molecule has 1 aliphatic heterocycles. The number of carbonyl (C=O) groups is 2. The second kappa shape index (κ2) is 5.64. The predicted octanol–water partition coefficient (Wildman–Crippen LogP) is 3.11. The van der Waals surface area contributed by atoms with E-state index in [2.05, 4.69) is 4.98 Å². The summed E-state index contributed by atoms with van der Waals surface area (Å²) in [7, 11) is 0. The molecule has 3 aromatic rings. The Kier molecular flexibility index (Phi) is 3.43. The zero-order valence-corrected chi connectivity index (χ0v) is 13.4. The number of nitro benzene ring substituents is 1. The molecule has 8 nitrogen and oxygen atoms in total. The number of imide groups is 1. The van der Waals surface area contributed by atoms with Crippen LogP contribution in [0.25, 0.3) is 10.6 Å². The van der Waals surface area contributed by atoms with Crippen LogP contribution in [0.5, 0.6) is 0 Å². The molecule has 1 aromatic carbocycles. The highest BCUT2D eigenvalue weighted by Gasteiger charge is 2.41. The van der Waals surface area contributed by atoms with Gasteiger partial charge in [-0.05, 0) is 17.5 Å². The molecular formula is C16H9N3O5S. The van der Waals surface area contributed by atoms with Gasteiger partial charge in [0.05, 0.1) is 21.6 Å². The van der Waals surface area contributed by atoms with E-state index in [1.165, 1.54) is 35.7 Å². The van der Waals surface area contributed by atoms with E-state index < -0.39 is 16.7 Å². The summed E-state index contributed by atoms with van der Waals surface area (Å²) in [6.07, 6.45) is 1.52. The van der Waals surface area contributed by atoms with Gasteiger partial charge in [-0.2, -0.15) is 0 Å². The Morgan fingerprint density at radius 2 is 2.04 bits per heavy atom. The number of oxazole rings is 1. The summed E-state index contributed by atoms with van der Waals surface area (Å²) in [6, 6.07) is 7.71. The molecule has 124 valence electrons.